The van der Waals surface area contributed by atoms with Crippen molar-refractivity contribution in [3.63, 3.8) is 0 Å². The van der Waals surface area contributed by atoms with Gasteiger partial charge in [-0.15, -0.1) is 0 Å². The van der Waals surface area contributed by atoms with Crippen LogP contribution in [0.3, 0.4) is 0 Å². The Bertz CT molecular complexity index is 402. The van der Waals surface area contributed by atoms with E-state index in [0.717, 1.165) is 0 Å². The number of hydrogen-bond donors (Lipinski definition) is 1. The molecule has 0 aromatic heterocycles. The SMILES string of the molecule is CC(CBr)CNC(=O)c1c(F)cc(F)cc1F. The van der Waals surface area contributed by atoms with E-state index in [1.807, 2.05) is 6.92 Å². The van der Waals surface area contributed by atoms with Crippen LogP contribution in [0, 0.1) is 23.4 Å². The number of nitrogens with one attached hydrogen (secondary N) is 1. The second-order valence-electron chi connectivity index (χ2n) is 3.71. The lowest BCUT2D eigenvalue weighted by Gasteiger charge is -2.10. The third-order valence-electron chi connectivity index (χ3n) is 2.11. The monoisotopic (exact) mass is 309 g/mol. The molecule has 0 bridgehead atoms. The summed E-state index contributed by atoms with van der Waals surface area (Å²) in [6.45, 7) is 2.13. The highest BCUT2D eigenvalue weighted by Crippen LogP contribution is 2.14. The number of amides is 1. The van der Waals surface area contributed by atoms with Gasteiger partial charge < -0.3 is 5.32 Å². The van der Waals surface area contributed by atoms with Gasteiger partial charge in [0.05, 0.1) is 0 Å². The zero-order valence-electron chi connectivity index (χ0n) is 9.07. The predicted octanol–water partition coefficient (Wildman–Crippen LogP) is 2.86. The van der Waals surface area contributed by atoms with E-state index < -0.39 is 28.9 Å². The molecule has 0 aliphatic rings. The summed E-state index contributed by atoms with van der Waals surface area (Å²) < 4.78 is 39.1. The predicted molar refractivity (Wildman–Crippen MR) is 61.6 cm³/mol. The van der Waals surface area contributed by atoms with E-state index in [2.05, 4.69) is 21.2 Å². The summed E-state index contributed by atoms with van der Waals surface area (Å²) in [5.74, 6) is -4.21. The molecule has 0 fully saturated rings. The van der Waals surface area contributed by atoms with Crippen molar-refractivity contribution in [2.45, 2.75) is 6.92 Å². The van der Waals surface area contributed by atoms with E-state index >= 15 is 0 Å². The van der Waals surface area contributed by atoms with Crippen LogP contribution in [0.4, 0.5) is 13.2 Å². The van der Waals surface area contributed by atoms with E-state index in [-0.39, 0.29) is 12.5 Å². The Labute approximate surface area is 105 Å². The van der Waals surface area contributed by atoms with Gasteiger partial charge in [-0.05, 0) is 5.92 Å². The number of alkyl halides is 1. The fraction of sp³-hybridized carbons (Fsp3) is 0.364. The summed E-state index contributed by atoms with van der Waals surface area (Å²) in [6, 6.07) is 0.956. The average Bonchev–Trinajstić information content (AvgIpc) is 2.24. The average molecular weight is 310 g/mol. The molecule has 94 valence electrons. The molecule has 0 aliphatic heterocycles. The van der Waals surface area contributed by atoms with Crippen molar-refractivity contribution in [1.29, 1.82) is 0 Å². The third kappa shape index (κ3) is 3.73. The second kappa shape index (κ2) is 6.05. The summed E-state index contributed by atoms with van der Waals surface area (Å²) in [7, 11) is 0. The minimum absolute atomic E-state index is 0.130. The van der Waals surface area contributed by atoms with E-state index in [1.165, 1.54) is 0 Å². The molecule has 0 spiro atoms. The first-order valence-electron chi connectivity index (χ1n) is 4.94. The Morgan fingerprint density at radius 2 is 1.88 bits per heavy atom. The normalized spacial score (nSPS) is 12.3. The van der Waals surface area contributed by atoms with Crippen LogP contribution in [0.1, 0.15) is 17.3 Å². The van der Waals surface area contributed by atoms with Crippen molar-refractivity contribution in [1.82, 2.24) is 5.32 Å². The van der Waals surface area contributed by atoms with Gasteiger partial charge in [-0.3, -0.25) is 4.79 Å². The molecule has 1 rings (SSSR count). The molecular weight excluding hydrogens is 299 g/mol. The largest absolute Gasteiger partial charge is 0.352 e. The van der Waals surface area contributed by atoms with Gasteiger partial charge in [-0.1, -0.05) is 22.9 Å². The van der Waals surface area contributed by atoms with E-state index in [9.17, 15) is 18.0 Å². The Kier molecular flexibility index (Phi) is 4.99. The van der Waals surface area contributed by atoms with E-state index in [4.69, 9.17) is 0 Å². The van der Waals surface area contributed by atoms with Crippen LogP contribution in [0.5, 0.6) is 0 Å². The van der Waals surface area contributed by atoms with Crippen LogP contribution in [-0.4, -0.2) is 17.8 Å². The number of benzene rings is 1. The summed E-state index contributed by atoms with van der Waals surface area (Å²) in [5, 5.41) is 3.03. The lowest BCUT2D eigenvalue weighted by atomic mass is 10.1. The molecule has 6 heteroatoms. The zero-order valence-corrected chi connectivity index (χ0v) is 10.7. The molecule has 1 unspecified atom stereocenters. The molecular formula is C11H11BrF3NO. The lowest BCUT2D eigenvalue weighted by molar-refractivity contribution is 0.0940. The Balaban J connectivity index is 2.82. The fourth-order valence-electron chi connectivity index (χ4n) is 1.17. The molecule has 1 N–H and O–H groups in total. The third-order valence-corrected chi connectivity index (χ3v) is 3.21. The Morgan fingerprint density at radius 3 is 2.35 bits per heavy atom. The number of carbonyl (C=O) groups excluding carboxylic acids is 1. The highest BCUT2D eigenvalue weighted by molar-refractivity contribution is 9.09. The van der Waals surface area contributed by atoms with Gasteiger partial charge in [0.25, 0.3) is 5.91 Å². The first-order chi connectivity index (χ1) is 7.95. The molecule has 0 aliphatic carbocycles. The summed E-state index contributed by atoms with van der Waals surface area (Å²) in [4.78, 5) is 11.5. The molecule has 0 saturated heterocycles. The number of hydrogen-bond acceptors (Lipinski definition) is 1. The van der Waals surface area contributed by atoms with Crippen LogP contribution in [0.2, 0.25) is 0 Å². The topological polar surface area (TPSA) is 29.1 Å². The molecule has 1 atom stereocenters. The first kappa shape index (κ1) is 14.0. The van der Waals surface area contributed by atoms with E-state index in [0.29, 0.717) is 17.5 Å². The minimum atomic E-state index is -1.20. The first-order valence-corrected chi connectivity index (χ1v) is 6.06. The Morgan fingerprint density at radius 1 is 1.35 bits per heavy atom. The summed E-state index contributed by atoms with van der Waals surface area (Å²) in [5.41, 5.74) is -0.756. The van der Waals surface area contributed by atoms with Crippen LogP contribution < -0.4 is 5.32 Å². The van der Waals surface area contributed by atoms with Crippen molar-refractivity contribution in [2.24, 2.45) is 5.92 Å². The molecule has 1 amide bonds. The van der Waals surface area contributed by atoms with E-state index in [1.54, 1.807) is 0 Å². The number of carbonyl (C=O) groups is 1. The standard InChI is InChI=1S/C11H11BrF3NO/c1-6(4-12)5-16-11(17)10-8(14)2-7(13)3-9(10)15/h2-3,6H,4-5H2,1H3,(H,16,17). The maximum atomic E-state index is 13.2. The highest BCUT2D eigenvalue weighted by Gasteiger charge is 2.19. The van der Waals surface area contributed by atoms with Crippen molar-refractivity contribution in [2.75, 3.05) is 11.9 Å². The van der Waals surface area contributed by atoms with Gasteiger partial charge in [0.1, 0.15) is 23.0 Å². The minimum Gasteiger partial charge on any atom is -0.352 e. The molecule has 1 aromatic rings. The molecule has 1 aromatic carbocycles. The smallest absolute Gasteiger partial charge is 0.257 e. The molecule has 0 radical (unpaired) electrons. The van der Waals surface area contributed by atoms with Gasteiger partial charge >= 0.3 is 0 Å². The fourth-order valence-corrected chi connectivity index (χ4v) is 1.40. The maximum absolute atomic E-state index is 13.2. The Hall–Kier alpha value is -1.04. The van der Waals surface area contributed by atoms with Crippen molar-refractivity contribution in [3.05, 3.63) is 35.1 Å². The van der Waals surface area contributed by atoms with Crippen molar-refractivity contribution < 1.29 is 18.0 Å². The molecule has 0 heterocycles. The number of halogens is 4. The second-order valence-corrected chi connectivity index (χ2v) is 4.36. The highest BCUT2D eigenvalue weighted by atomic mass is 79.9. The van der Waals surface area contributed by atoms with Crippen molar-refractivity contribution >= 4 is 21.8 Å². The van der Waals surface area contributed by atoms with Gasteiger partial charge in [-0.2, -0.15) is 0 Å². The van der Waals surface area contributed by atoms with Crippen LogP contribution in [0.15, 0.2) is 12.1 Å². The summed E-state index contributed by atoms with van der Waals surface area (Å²) in [6.07, 6.45) is 0. The van der Waals surface area contributed by atoms with Gasteiger partial charge in [0.15, 0.2) is 0 Å². The van der Waals surface area contributed by atoms with Gasteiger partial charge in [-0.25, -0.2) is 13.2 Å². The quantitative estimate of drug-likeness (QED) is 0.851. The van der Waals surface area contributed by atoms with Crippen LogP contribution in [0.25, 0.3) is 0 Å². The molecule has 2 nitrogen and oxygen atoms in total. The maximum Gasteiger partial charge on any atom is 0.257 e. The molecule has 17 heavy (non-hydrogen) atoms. The lowest BCUT2D eigenvalue weighted by Crippen LogP contribution is -2.30. The zero-order chi connectivity index (χ0) is 13.0. The molecule has 0 saturated carbocycles. The van der Waals surface area contributed by atoms with Crippen LogP contribution >= 0.6 is 15.9 Å². The van der Waals surface area contributed by atoms with Gasteiger partial charge in [0.2, 0.25) is 0 Å². The summed E-state index contributed by atoms with van der Waals surface area (Å²) >= 11 is 3.21. The van der Waals surface area contributed by atoms with Crippen molar-refractivity contribution in [3.8, 4) is 0 Å². The van der Waals surface area contributed by atoms with Crippen LogP contribution in [-0.2, 0) is 0 Å². The van der Waals surface area contributed by atoms with Gasteiger partial charge in [0, 0.05) is 24.0 Å². The number of rotatable bonds is 4.